The normalized spacial score (nSPS) is 17.5. The third-order valence-corrected chi connectivity index (χ3v) is 5.48. The fourth-order valence-corrected chi connectivity index (χ4v) is 3.05. The lowest BCUT2D eigenvalue weighted by molar-refractivity contribution is 0.00545. The number of ether oxygens (including phenoxy) is 2. The van der Waals surface area contributed by atoms with Crippen molar-refractivity contribution in [3.05, 3.63) is 59.2 Å². The van der Waals surface area contributed by atoms with Crippen LogP contribution >= 0.6 is 0 Å². The molecular weight excluding hydrogens is 355 g/mol. The van der Waals surface area contributed by atoms with Crippen molar-refractivity contribution in [3.8, 4) is 5.75 Å². The molecule has 3 rings (SSSR count). The summed E-state index contributed by atoms with van der Waals surface area (Å²) < 4.78 is 23.8. The minimum absolute atomic E-state index is 0.0583. The maximum absolute atomic E-state index is 11.8. The highest BCUT2D eigenvalue weighted by atomic mass is 16.7. The summed E-state index contributed by atoms with van der Waals surface area (Å²) >= 11 is 0. The van der Waals surface area contributed by atoms with E-state index in [2.05, 4.69) is 0 Å². The summed E-state index contributed by atoms with van der Waals surface area (Å²) in [4.78, 5) is 11.8. The van der Waals surface area contributed by atoms with E-state index in [1.165, 1.54) is 0 Å². The van der Waals surface area contributed by atoms with Crippen LogP contribution in [0, 0.1) is 6.92 Å². The number of carbonyl (C=O) groups is 1. The third kappa shape index (κ3) is 4.14. The third-order valence-electron chi connectivity index (χ3n) is 5.48. The molecule has 5 nitrogen and oxygen atoms in total. The van der Waals surface area contributed by atoms with Crippen LogP contribution in [0.15, 0.2) is 42.5 Å². The van der Waals surface area contributed by atoms with E-state index in [-0.39, 0.29) is 6.79 Å². The van der Waals surface area contributed by atoms with Crippen LogP contribution in [0.2, 0.25) is 0 Å². The molecule has 1 saturated heterocycles. The second-order valence-electron chi connectivity index (χ2n) is 8.01. The van der Waals surface area contributed by atoms with Gasteiger partial charge >= 0.3 is 7.12 Å². The zero-order valence-electron chi connectivity index (χ0n) is 17.2. The predicted octanol–water partition coefficient (Wildman–Crippen LogP) is 3.66. The van der Waals surface area contributed by atoms with Gasteiger partial charge in [0.15, 0.2) is 6.79 Å². The minimum atomic E-state index is -0.686. The number of aldehydes is 1. The first-order chi connectivity index (χ1) is 13.2. The molecule has 0 radical (unpaired) electrons. The average molecular weight is 382 g/mol. The predicted molar refractivity (Wildman–Crippen MR) is 109 cm³/mol. The number of aryl methyl sites for hydroxylation is 1. The molecule has 0 amide bonds. The van der Waals surface area contributed by atoms with Crippen molar-refractivity contribution in [1.29, 1.82) is 0 Å². The van der Waals surface area contributed by atoms with Gasteiger partial charge in [0.05, 0.1) is 17.8 Å². The molecule has 0 spiro atoms. The Morgan fingerprint density at radius 3 is 2.25 bits per heavy atom. The number of carbonyl (C=O) groups excluding carboxylic acids is 1. The zero-order chi connectivity index (χ0) is 20.4. The summed E-state index contributed by atoms with van der Waals surface area (Å²) in [7, 11) is -0.686. The van der Waals surface area contributed by atoms with Gasteiger partial charge in [0.2, 0.25) is 0 Å². The Balaban J connectivity index is 1.79. The zero-order valence-corrected chi connectivity index (χ0v) is 17.2. The lowest BCUT2D eigenvalue weighted by Gasteiger charge is -2.32. The molecule has 28 heavy (non-hydrogen) atoms. The van der Waals surface area contributed by atoms with Gasteiger partial charge in [-0.3, -0.25) is 4.79 Å². The molecule has 6 heteroatoms. The summed E-state index contributed by atoms with van der Waals surface area (Å²) in [6, 6.07) is 13.6. The first-order valence-corrected chi connectivity index (χ1v) is 9.44. The Morgan fingerprint density at radius 1 is 1.00 bits per heavy atom. The van der Waals surface area contributed by atoms with E-state index < -0.39 is 18.3 Å². The highest BCUT2D eigenvalue weighted by molar-refractivity contribution is 6.64. The average Bonchev–Trinajstić information content (AvgIpc) is 2.87. The fraction of sp³-hybridized carbons (Fsp3) is 0.409. The van der Waals surface area contributed by atoms with Crippen molar-refractivity contribution in [2.24, 2.45) is 0 Å². The summed E-state index contributed by atoms with van der Waals surface area (Å²) in [5.41, 5.74) is 2.02. The van der Waals surface area contributed by atoms with Crippen molar-refractivity contribution in [2.75, 3.05) is 6.79 Å². The molecule has 1 aliphatic heterocycles. The van der Waals surface area contributed by atoms with Crippen molar-refractivity contribution < 1.29 is 23.6 Å². The van der Waals surface area contributed by atoms with Crippen LogP contribution in [0.25, 0.3) is 0 Å². The van der Waals surface area contributed by atoms with Crippen molar-refractivity contribution in [2.45, 2.75) is 52.4 Å². The van der Waals surface area contributed by atoms with E-state index in [9.17, 15) is 4.79 Å². The summed E-state index contributed by atoms with van der Waals surface area (Å²) in [5.74, 6) is 0.527. The number of hydrogen-bond acceptors (Lipinski definition) is 5. The van der Waals surface area contributed by atoms with E-state index in [4.69, 9.17) is 18.8 Å². The number of rotatable bonds is 7. The molecule has 0 saturated carbocycles. The van der Waals surface area contributed by atoms with E-state index in [1.54, 1.807) is 0 Å². The molecule has 1 heterocycles. The van der Waals surface area contributed by atoms with E-state index in [0.29, 0.717) is 23.4 Å². The molecule has 0 unspecified atom stereocenters. The van der Waals surface area contributed by atoms with Gasteiger partial charge < -0.3 is 18.8 Å². The Hall–Kier alpha value is -2.15. The highest BCUT2D eigenvalue weighted by Crippen LogP contribution is 2.37. The molecule has 0 bridgehead atoms. The molecule has 0 atom stereocenters. The van der Waals surface area contributed by atoms with Crippen LogP contribution < -0.4 is 10.2 Å². The molecule has 0 aromatic heterocycles. The summed E-state index contributed by atoms with van der Waals surface area (Å²) in [6.45, 7) is 10.3. The van der Waals surface area contributed by atoms with Crippen LogP contribution in [0.1, 0.15) is 49.2 Å². The van der Waals surface area contributed by atoms with Crippen LogP contribution in [0.3, 0.4) is 0 Å². The van der Waals surface area contributed by atoms with Crippen LogP contribution in [0.5, 0.6) is 5.75 Å². The molecule has 0 aliphatic carbocycles. The molecule has 1 fully saturated rings. The molecule has 2 aromatic rings. The lowest BCUT2D eigenvalue weighted by atomic mass is 9.74. The topological polar surface area (TPSA) is 54.0 Å². The van der Waals surface area contributed by atoms with Gasteiger partial charge in [0.25, 0.3) is 0 Å². The van der Waals surface area contributed by atoms with E-state index >= 15 is 0 Å². The van der Waals surface area contributed by atoms with Crippen molar-refractivity contribution in [3.63, 3.8) is 0 Å². The van der Waals surface area contributed by atoms with Gasteiger partial charge in [-0.1, -0.05) is 36.4 Å². The second-order valence-corrected chi connectivity index (χ2v) is 8.01. The second kappa shape index (κ2) is 8.07. The molecule has 0 N–H and O–H groups in total. The summed E-state index contributed by atoms with van der Waals surface area (Å²) in [5, 5.41) is 0. The van der Waals surface area contributed by atoms with Gasteiger partial charge in [0.1, 0.15) is 12.0 Å². The Morgan fingerprint density at radius 2 is 1.64 bits per heavy atom. The lowest BCUT2D eigenvalue weighted by Crippen LogP contribution is -2.41. The SMILES string of the molecule is Cc1ccc(OCOCc2ccccc2)c(B2OC(C)(C)C(C)(C)O2)c1C=O. The van der Waals surface area contributed by atoms with Gasteiger partial charge in [-0.15, -0.1) is 0 Å². The highest BCUT2D eigenvalue weighted by Gasteiger charge is 2.53. The number of benzene rings is 2. The van der Waals surface area contributed by atoms with Crippen LogP contribution in [0.4, 0.5) is 0 Å². The maximum Gasteiger partial charge on any atom is 0.499 e. The molecule has 1 aliphatic rings. The quantitative estimate of drug-likeness (QED) is 0.317. The minimum Gasteiger partial charge on any atom is -0.468 e. The summed E-state index contributed by atoms with van der Waals surface area (Å²) in [6.07, 6.45) is 0.827. The Labute approximate surface area is 167 Å². The van der Waals surface area contributed by atoms with Gasteiger partial charge in [-0.05, 0) is 51.8 Å². The molecule has 2 aromatic carbocycles. The molecule has 148 valence electrons. The van der Waals surface area contributed by atoms with Gasteiger partial charge in [0, 0.05) is 11.0 Å². The van der Waals surface area contributed by atoms with Crippen molar-refractivity contribution in [1.82, 2.24) is 0 Å². The van der Waals surface area contributed by atoms with Crippen molar-refractivity contribution >= 4 is 18.9 Å². The standard InChI is InChI=1S/C22H27BO5/c1-16-11-12-19(26-15-25-14-17-9-7-6-8-10-17)20(18(16)13-24)23-27-21(2,3)22(4,5)28-23/h6-13H,14-15H2,1-5H3. The van der Waals surface area contributed by atoms with Gasteiger partial charge in [-0.25, -0.2) is 0 Å². The van der Waals surface area contributed by atoms with E-state index in [0.717, 1.165) is 17.4 Å². The smallest absolute Gasteiger partial charge is 0.468 e. The fourth-order valence-electron chi connectivity index (χ4n) is 3.05. The Kier molecular flexibility index (Phi) is 5.94. The van der Waals surface area contributed by atoms with E-state index in [1.807, 2.05) is 77.1 Å². The molecular formula is C22H27BO5. The largest absolute Gasteiger partial charge is 0.499 e. The monoisotopic (exact) mass is 382 g/mol. The first-order valence-electron chi connectivity index (χ1n) is 9.44. The number of hydrogen-bond donors (Lipinski definition) is 0. The van der Waals surface area contributed by atoms with Crippen LogP contribution in [-0.4, -0.2) is 31.4 Å². The Bertz CT molecular complexity index is 816. The maximum atomic E-state index is 11.8. The van der Waals surface area contributed by atoms with Crippen LogP contribution in [-0.2, 0) is 20.7 Å². The van der Waals surface area contributed by atoms with Gasteiger partial charge in [-0.2, -0.15) is 0 Å². The first kappa shape index (κ1) is 20.6.